The van der Waals surface area contributed by atoms with E-state index in [1.54, 1.807) is 7.05 Å². The third-order valence-corrected chi connectivity index (χ3v) is 1.49. The van der Waals surface area contributed by atoms with Crippen molar-refractivity contribution >= 4 is 7.94 Å². The number of hydrogen-bond acceptors (Lipinski definition) is 4. The molecule has 0 unspecified atom stereocenters. The predicted octanol–water partition coefficient (Wildman–Crippen LogP) is -1.05. The maximum Gasteiger partial charge on any atom is 0.405 e. The molecule has 0 aromatic heterocycles. The van der Waals surface area contributed by atoms with E-state index in [9.17, 15) is 0 Å². The fourth-order valence-corrected chi connectivity index (χ4v) is 0.785. The summed E-state index contributed by atoms with van der Waals surface area (Å²) < 4.78 is 0. The Morgan fingerprint density at radius 1 is 1.38 bits per heavy atom. The van der Waals surface area contributed by atoms with E-state index < -0.39 is 7.94 Å². The molecule has 0 radical (unpaired) electrons. The standard InChI is InChI=1S/C3H11NO3P/c1-4-2-3-8(5,6)7/h4-7H,2-3H2,1H3/q+1. The molecule has 0 heterocycles. The molecule has 0 rings (SSSR count). The van der Waals surface area contributed by atoms with E-state index in [1.807, 2.05) is 0 Å². The molecule has 0 aliphatic rings. The van der Waals surface area contributed by atoms with Crippen molar-refractivity contribution in [2.45, 2.75) is 0 Å². The molecule has 0 fully saturated rings. The second-order valence-electron chi connectivity index (χ2n) is 1.52. The highest BCUT2D eigenvalue weighted by Gasteiger charge is 2.27. The van der Waals surface area contributed by atoms with Crippen molar-refractivity contribution in [3.05, 3.63) is 0 Å². The number of rotatable bonds is 3. The molecule has 0 amide bonds. The van der Waals surface area contributed by atoms with Crippen LogP contribution in [0.15, 0.2) is 0 Å². The summed E-state index contributed by atoms with van der Waals surface area (Å²) in [6.45, 7) is 0.428. The highest BCUT2D eigenvalue weighted by atomic mass is 31.2. The lowest BCUT2D eigenvalue weighted by Gasteiger charge is -2.00. The number of hydrogen-bond donors (Lipinski definition) is 4. The third-order valence-electron chi connectivity index (χ3n) is 0.662. The van der Waals surface area contributed by atoms with Crippen LogP contribution in [0.3, 0.4) is 0 Å². The summed E-state index contributed by atoms with van der Waals surface area (Å²) in [5.74, 6) is 0. The first-order valence-corrected chi connectivity index (χ1v) is 4.10. The molecule has 4 N–H and O–H groups in total. The first-order valence-electron chi connectivity index (χ1n) is 2.27. The van der Waals surface area contributed by atoms with E-state index in [0.29, 0.717) is 6.54 Å². The molecule has 0 saturated heterocycles. The molecule has 0 saturated carbocycles. The Balaban J connectivity index is 3.11. The first kappa shape index (κ1) is 8.27. The molecule has 0 aliphatic carbocycles. The quantitative estimate of drug-likeness (QED) is 0.377. The van der Waals surface area contributed by atoms with Gasteiger partial charge < -0.3 is 5.32 Å². The summed E-state index contributed by atoms with van der Waals surface area (Å²) in [6.07, 6.45) is 0.0312. The summed E-state index contributed by atoms with van der Waals surface area (Å²) in [5, 5.41) is 2.67. The Labute approximate surface area is 48.7 Å². The summed E-state index contributed by atoms with van der Waals surface area (Å²) in [7, 11) is -1.82. The average molecular weight is 140 g/mol. The van der Waals surface area contributed by atoms with Gasteiger partial charge in [-0.3, -0.25) is 0 Å². The maximum absolute atomic E-state index is 8.33. The molecule has 5 heteroatoms. The van der Waals surface area contributed by atoms with Crippen LogP contribution in [0, 0.1) is 0 Å². The van der Waals surface area contributed by atoms with Crippen LogP contribution in [-0.2, 0) is 0 Å². The van der Waals surface area contributed by atoms with Crippen molar-refractivity contribution in [3.63, 3.8) is 0 Å². The van der Waals surface area contributed by atoms with Crippen LogP contribution in [0.25, 0.3) is 0 Å². The van der Waals surface area contributed by atoms with Gasteiger partial charge in [0, 0.05) is 6.54 Å². The summed E-state index contributed by atoms with van der Waals surface area (Å²) >= 11 is 0. The smallest absolute Gasteiger partial charge is 0.316 e. The maximum atomic E-state index is 8.33. The molecule has 50 valence electrons. The van der Waals surface area contributed by atoms with Crippen molar-refractivity contribution in [3.8, 4) is 0 Å². The highest BCUT2D eigenvalue weighted by Crippen LogP contribution is 2.43. The fourth-order valence-electron chi connectivity index (χ4n) is 0.262. The van der Waals surface area contributed by atoms with Gasteiger partial charge in [-0.1, -0.05) is 0 Å². The highest BCUT2D eigenvalue weighted by molar-refractivity contribution is 7.58. The molecule has 0 spiro atoms. The molecule has 0 aromatic carbocycles. The van der Waals surface area contributed by atoms with Crippen molar-refractivity contribution < 1.29 is 14.7 Å². The summed E-state index contributed by atoms with van der Waals surface area (Å²) in [6, 6.07) is 0. The van der Waals surface area contributed by atoms with E-state index in [-0.39, 0.29) is 6.16 Å². The second-order valence-corrected chi connectivity index (χ2v) is 3.35. The SMILES string of the molecule is CNCC[P+](O)(O)O. The zero-order chi connectivity index (χ0) is 6.62. The average Bonchev–Trinajstić information content (AvgIpc) is 1.59. The van der Waals surface area contributed by atoms with Gasteiger partial charge in [-0.25, -0.2) is 0 Å². The Bertz CT molecular complexity index is 62.0. The van der Waals surface area contributed by atoms with Gasteiger partial charge in [0.25, 0.3) is 0 Å². The molecular weight excluding hydrogens is 129 g/mol. The topological polar surface area (TPSA) is 72.7 Å². The fraction of sp³-hybridized carbons (Fsp3) is 1.00. The van der Waals surface area contributed by atoms with Gasteiger partial charge in [0.05, 0.1) is 0 Å². The molecule has 0 atom stereocenters. The van der Waals surface area contributed by atoms with E-state index in [1.165, 1.54) is 0 Å². The molecule has 4 nitrogen and oxygen atoms in total. The number of nitrogens with one attached hydrogen (secondary N) is 1. The van der Waals surface area contributed by atoms with Crippen LogP contribution in [0.4, 0.5) is 0 Å². The van der Waals surface area contributed by atoms with Crippen LogP contribution in [0.1, 0.15) is 0 Å². The Kier molecular flexibility index (Phi) is 3.44. The lowest BCUT2D eigenvalue weighted by molar-refractivity contribution is 0.330. The van der Waals surface area contributed by atoms with E-state index >= 15 is 0 Å². The molecular formula is C3H11NO3P+. The largest absolute Gasteiger partial charge is 0.405 e. The van der Waals surface area contributed by atoms with Gasteiger partial charge in [0.15, 0.2) is 6.16 Å². The van der Waals surface area contributed by atoms with Gasteiger partial charge in [-0.2, -0.15) is 14.7 Å². The Morgan fingerprint density at radius 3 is 2.00 bits per heavy atom. The third kappa shape index (κ3) is 6.27. The van der Waals surface area contributed by atoms with Crippen molar-refractivity contribution in [1.82, 2.24) is 5.32 Å². The minimum Gasteiger partial charge on any atom is -0.316 e. The van der Waals surface area contributed by atoms with Crippen molar-refractivity contribution in [1.29, 1.82) is 0 Å². The van der Waals surface area contributed by atoms with Gasteiger partial charge in [0.2, 0.25) is 0 Å². The molecule has 0 bridgehead atoms. The molecule has 8 heavy (non-hydrogen) atoms. The predicted molar refractivity (Wildman–Crippen MR) is 32.4 cm³/mol. The van der Waals surface area contributed by atoms with E-state index in [0.717, 1.165) is 0 Å². The first-order chi connectivity index (χ1) is 3.56. The van der Waals surface area contributed by atoms with Gasteiger partial charge in [0.1, 0.15) is 0 Å². The Morgan fingerprint density at radius 2 is 1.88 bits per heavy atom. The van der Waals surface area contributed by atoms with Crippen LogP contribution in [0.5, 0.6) is 0 Å². The monoisotopic (exact) mass is 140 g/mol. The lowest BCUT2D eigenvalue weighted by atomic mass is 10.8. The van der Waals surface area contributed by atoms with Crippen LogP contribution in [0.2, 0.25) is 0 Å². The molecule has 0 aromatic rings. The zero-order valence-electron chi connectivity index (χ0n) is 4.70. The van der Waals surface area contributed by atoms with Crippen LogP contribution >= 0.6 is 7.94 Å². The van der Waals surface area contributed by atoms with Gasteiger partial charge >= 0.3 is 7.94 Å². The zero-order valence-corrected chi connectivity index (χ0v) is 5.60. The lowest BCUT2D eigenvalue weighted by Crippen LogP contribution is -2.13. The second kappa shape index (κ2) is 3.33. The van der Waals surface area contributed by atoms with E-state index in [4.69, 9.17) is 14.7 Å². The summed E-state index contributed by atoms with van der Waals surface area (Å²) in [4.78, 5) is 25.0. The van der Waals surface area contributed by atoms with Crippen molar-refractivity contribution in [2.75, 3.05) is 19.8 Å². The van der Waals surface area contributed by atoms with Gasteiger partial charge in [-0.05, 0) is 7.05 Å². The molecule has 0 aliphatic heterocycles. The van der Waals surface area contributed by atoms with Crippen molar-refractivity contribution in [2.24, 2.45) is 0 Å². The van der Waals surface area contributed by atoms with Crippen LogP contribution in [-0.4, -0.2) is 34.4 Å². The summed E-state index contributed by atoms with van der Waals surface area (Å²) in [5.41, 5.74) is 0. The Hall–Kier alpha value is 0.270. The normalized spacial score (nSPS) is 12.0. The van der Waals surface area contributed by atoms with Crippen LogP contribution < -0.4 is 5.32 Å². The van der Waals surface area contributed by atoms with E-state index in [2.05, 4.69) is 5.32 Å². The minimum absolute atomic E-state index is 0.0312. The minimum atomic E-state index is -3.49. The van der Waals surface area contributed by atoms with Gasteiger partial charge in [-0.15, -0.1) is 0 Å².